The molecule has 0 bridgehead atoms. The highest BCUT2D eigenvalue weighted by atomic mass is 19.1. The van der Waals surface area contributed by atoms with Gasteiger partial charge in [-0.25, -0.2) is 23.1 Å². The van der Waals surface area contributed by atoms with E-state index in [0.717, 1.165) is 0 Å². The summed E-state index contributed by atoms with van der Waals surface area (Å²) in [7, 11) is 0. The van der Waals surface area contributed by atoms with Crippen molar-refractivity contribution in [3.63, 3.8) is 0 Å². The largest absolute Gasteiger partial charge is 0.370 e. The molecular weight excluding hydrogens is 269 g/mol. The van der Waals surface area contributed by atoms with Gasteiger partial charge in [-0.2, -0.15) is 0 Å². The van der Waals surface area contributed by atoms with Crippen LogP contribution in [0, 0.1) is 24.4 Å². The molecule has 2 rings (SSSR count). The van der Waals surface area contributed by atoms with Crippen LogP contribution in [-0.2, 0) is 0 Å². The van der Waals surface area contributed by atoms with Crippen molar-refractivity contribution < 1.29 is 13.2 Å². The molecule has 0 aliphatic carbocycles. The van der Waals surface area contributed by atoms with E-state index < -0.39 is 23.1 Å². The second-order valence-electron chi connectivity index (χ2n) is 4.10. The molecule has 2 aromatic rings. The molecule has 0 atom stereocenters. The Labute approximate surface area is 114 Å². The molecule has 0 saturated heterocycles. The van der Waals surface area contributed by atoms with E-state index in [4.69, 9.17) is 0 Å². The lowest BCUT2D eigenvalue weighted by atomic mass is 10.2. The van der Waals surface area contributed by atoms with Crippen molar-refractivity contribution in [1.82, 2.24) is 9.97 Å². The number of halogens is 3. The maximum Gasteiger partial charge on any atom is 0.152 e. The topological polar surface area (TPSA) is 49.8 Å². The summed E-state index contributed by atoms with van der Waals surface area (Å²) in [6.07, 6.45) is 1.27. The first kappa shape index (κ1) is 14.1. The van der Waals surface area contributed by atoms with Crippen molar-refractivity contribution in [2.45, 2.75) is 13.8 Å². The Bertz CT molecular complexity index is 608. The Morgan fingerprint density at radius 3 is 2.25 bits per heavy atom. The summed E-state index contributed by atoms with van der Waals surface area (Å²) < 4.78 is 40.0. The van der Waals surface area contributed by atoms with Crippen molar-refractivity contribution in [3.8, 4) is 0 Å². The summed E-state index contributed by atoms with van der Waals surface area (Å²) >= 11 is 0. The Morgan fingerprint density at radius 1 is 1.05 bits per heavy atom. The quantitative estimate of drug-likeness (QED) is 0.902. The molecule has 0 spiro atoms. The smallest absolute Gasteiger partial charge is 0.152 e. The van der Waals surface area contributed by atoms with E-state index in [9.17, 15) is 13.2 Å². The zero-order valence-electron chi connectivity index (χ0n) is 11.0. The van der Waals surface area contributed by atoms with Crippen molar-refractivity contribution >= 4 is 17.3 Å². The summed E-state index contributed by atoms with van der Waals surface area (Å²) in [5.41, 5.74) is 0.160. The van der Waals surface area contributed by atoms with Gasteiger partial charge in [-0.15, -0.1) is 0 Å². The van der Waals surface area contributed by atoms with Crippen LogP contribution in [0.5, 0.6) is 0 Å². The first-order valence-corrected chi connectivity index (χ1v) is 6.00. The van der Waals surface area contributed by atoms with Crippen LogP contribution < -0.4 is 10.6 Å². The summed E-state index contributed by atoms with van der Waals surface area (Å²) in [6, 6.07) is 1.21. The minimum absolute atomic E-state index is 0.250. The van der Waals surface area contributed by atoms with Crippen molar-refractivity contribution in [1.29, 1.82) is 0 Å². The molecule has 0 aliphatic rings. The van der Waals surface area contributed by atoms with Crippen molar-refractivity contribution in [2.75, 3.05) is 17.2 Å². The first-order chi connectivity index (χ1) is 9.52. The van der Waals surface area contributed by atoms with Gasteiger partial charge in [0.1, 0.15) is 29.5 Å². The maximum absolute atomic E-state index is 13.6. The molecule has 0 aliphatic heterocycles. The van der Waals surface area contributed by atoms with Gasteiger partial charge in [0.15, 0.2) is 11.6 Å². The molecule has 2 N–H and O–H groups in total. The zero-order chi connectivity index (χ0) is 14.7. The molecule has 0 saturated carbocycles. The average molecular weight is 282 g/mol. The SMILES string of the molecule is CCNc1ncnc(Nc2c(F)cc(F)cc2F)c1C. The van der Waals surface area contributed by atoms with Crippen molar-refractivity contribution in [2.24, 2.45) is 0 Å². The Balaban J connectivity index is 2.38. The lowest BCUT2D eigenvalue weighted by Gasteiger charge is -2.13. The number of hydrogen-bond acceptors (Lipinski definition) is 4. The maximum atomic E-state index is 13.6. The van der Waals surface area contributed by atoms with Crippen LogP contribution in [0.3, 0.4) is 0 Å². The normalized spacial score (nSPS) is 10.4. The summed E-state index contributed by atoms with van der Waals surface area (Å²) in [5.74, 6) is -2.21. The van der Waals surface area contributed by atoms with Gasteiger partial charge >= 0.3 is 0 Å². The van der Waals surface area contributed by atoms with Crippen LogP contribution in [0.1, 0.15) is 12.5 Å². The van der Waals surface area contributed by atoms with Gasteiger partial charge < -0.3 is 10.6 Å². The van der Waals surface area contributed by atoms with Crippen LogP contribution >= 0.6 is 0 Å². The number of anilines is 3. The Hall–Kier alpha value is -2.31. The summed E-state index contributed by atoms with van der Waals surface area (Å²) in [4.78, 5) is 7.95. The highest BCUT2D eigenvalue weighted by molar-refractivity contribution is 5.65. The van der Waals surface area contributed by atoms with Gasteiger partial charge in [-0.05, 0) is 13.8 Å². The van der Waals surface area contributed by atoms with E-state index in [0.29, 0.717) is 30.1 Å². The third kappa shape index (κ3) is 2.81. The van der Waals surface area contributed by atoms with Crippen LogP contribution in [0.15, 0.2) is 18.5 Å². The van der Waals surface area contributed by atoms with E-state index >= 15 is 0 Å². The van der Waals surface area contributed by atoms with Crippen LogP contribution in [0.25, 0.3) is 0 Å². The fourth-order valence-electron chi connectivity index (χ4n) is 1.70. The van der Waals surface area contributed by atoms with Crippen LogP contribution in [-0.4, -0.2) is 16.5 Å². The Kier molecular flexibility index (Phi) is 4.07. The third-order valence-electron chi connectivity index (χ3n) is 2.68. The van der Waals surface area contributed by atoms with E-state index in [1.807, 2.05) is 6.92 Å². The molecule has 20 heavy (non-hydrogen) atoms. The van der Waals surface area contributed by atoms with Gasteiger partial charge in [0, 0.05) is 24.2 Å². The predicted molar refractivity (Wildman–Crippen MR) is 70.5 cm³/mol. The van der Waals surface area contributed by atoms with E-state index in [1.165, 1.54) is 6.33 Å². The second-order valence-corrected chi connectivity index (χ2v) is 4.10. The van der Waals surface area contributed by atoms with E-state index in [2.05, 4.69) is 20.6 Å². The highest BCUT2D eigenvalue weighted by Crippen LogP contribution is 2.26. The van der Waals surface area contributed by atoms with Gasteiger partial charge in [0.2, 0.25) is 0 Å². The predicted octanol–water partition coefficient (Wildman–Crippen LogP) is 3.38. The number of benzene rings is 1. The van der Waals surface area contributed by atoms with E-state index in [1.54, 1.807) is 6.92 Å². The number of nitrogens with zero attached hydrogens (tertiary/aromatic N) is 2. The fraction of sp³-hybridized carbons (Fsp3) is 0.231. The zero-order valence-corrected chi connectivity index (χ0v) is 11.0. The van der Waals surface area contributed by atoms with Crippen molar-refractivity contribution in [3.05, 3.63) is 41.5 Å². The average Bonchev–Trinajstić information content (AvgIpc) is 2.38. The highest BCUT2D eigenvalue weighted by Gasteiger charge is 2.14. The molecule has 0 amide bonds. The number of hydrogen-bond donors (Lipinski definition) is 2. The molecule has 0 fully saturated rings. The molecule has 106 valence electrons. The van der Waals surface area contributed by atoms with E-state index in [-0.39, 0.29) is 5.82 Å². The molecule has 4 nitrogen and oxygen atoms in total. The molecule has 1 aromatic carbocycles. The minimum Gasteiger partial charge on any atom is -0.370 e. The van der Waals surface area contributed by atoms with Gasteiger partial charge in [-0.3, -0.25) is 0 Å². The Morgan fingerprint density at radius 2 is 1.65 bits per heavy atom. The van der Waals surface area contributed by atoms with Crippen LogP contribution in [0.2, 0.25) is 0 Å². The minimum atomic E-state index is -1.02. The van der Waals surface area contributed by atoms with Gasteiger partial charge in [0.05, 0.1) is 0 Å². The number of rotatable bonds is 4. The molecule has 1 aromatic heterocycles. The summed E-state index contributed by atoms with van der Waals surface area (Å²) in [6.45, 7) is 4.25. The van der Waals surface area contributed by atoms with Gasteiger partial charge in [0.25, 0.3) is 0 Å². The molecule has 1 heterocycles. The third-order valence-corrected chi connectivity index (χ3v) is 2.68. The molecule has 7 heteroatoms. The monoisotopic (exact) mass is 282 g/mol. The first-order valence-electron chi connectivity index (χ1n) is 6.00. The number of nitrogens with one attached hydrogen (secondary N) is 2. The fourth-order valence-corrected chi connectivity index (χ4v) is 1.70. The standard InChI is InChI=1S/C13H13F3N4/c1-3-17-12-7(2)13(19-6-18-12)20-11-9(15)4-8(14)5-10(11)16/h4-6H,3H2,1-2H3,(H2,17,18,19,20). The van der Waals surface area contributed by atoms with Gasteiger partial charge in [-0.1, -0.05) is 0 Å². The lowest BCUT2D eigenvalue weighted by Crippen LogP contribution is -2.07. The summed E-state index contributed by atoms with van der Waals surface area (Å²) in [5, 5.41) is 5.53. The molecule has 0 unspecified atom stereocenters. The second kappa shape index (κ2) is 5.77. The van der Waals surface area contributed by atoms with Crippen LogP contribution in [0.4, 0.5) is 30.5 Å². The molecular formula is C13H13F3N4. The molecule has 0 radical (unpaired) electrons. The lowest BCUT2D eigenvalue weighted by molar-refractivity contribution is 0.548. The number of aromatic nitrogens is 2.